The zero-order chi connectivity index (χ0) is 14.2. The number of nitrogens with one attached hydrogen (secondary N) is 1. The lowest BCUT2D eigenvalue weighted by molar-refractivity contribution is 0.0835. The molecule has 0 heterocycles. The standard InChI is InChI=1S/C16H26N2O2/c1-17-13-14-3-7-16(8-4-14)20-12-11-19-10-9-18(2)15-5-6-15/h3-4,7-8,15,17H,5-6,9-13H2,1-2H3. The second kappa shape index (κ2) is 8.25. The van der Waals surface area contributed by atoms with Crippen molar-refractivity contribution in [3.8, 4) is 5.75 Å². The second-order valence-electron chi connectivity index (χ2n) is 5.35. The molecule has 0 amide bonds. The van der Waals surface area contributed by atoms with Crippen LogP contribution in [0.15, 0.2) is 24.3 Å². The van der Waals surface area contributed by atoms with E-state index in [9.17, 15) is 0 Å². The van der Waals surface area contributed by atoms with Gasteiger partial charge in [-0.3, -0.25) is 0 Å². The van der Waals surface area contributed by atoms with Crippen LogP contribution in [0.25, 0.3) is 0 Å². The number of hydrogen-bond donors (Lipinski definition) is 1. The maximum atomic E-state index is 5.65. The van der Waals surface area contributed by atoms with Gasteiger partial charge in [-0.2, -0.15) is 0 Å². The van der Waals surface area contributed by atoms with Gasteiger partial charge >= 0.3 is 0 Å². The highest BCUT2D eigenvalue weighted by Gasteiger charge is 2.25. The Morgan fingerprint density at radius 2 is 1.90 bits per heavy atom. The Labute approximate surface area is 122 Å². The first-order valence-electron chi connectivity index (χ1n) is 7.44. The largest absolute Gasteiger partial charge is 0.491 e. The van der Waals surface area contributed by atoms with E-state index in [-0.39, 0.29) is 0 Å². The van der Waals surface area contributed by atoms with E-state index in [0.29, 0.717) is 13.2 Å². The molecule has 4 heteroatoms. The molecule has 1 fully saturated rings. The van der Waals surface area contributed by atoms with E-state index in [1.54, 1.807) is 0 Å². The van der Waals surface area contributed by atoms with Crippen LogP contribution in [0, 0.1) is 0 Å². The fourth-order valence-corrected chi connectivity index (χ4v) is 2.13. The molecule has 0 aromatic heterocycles. The Morgan fingerprint density at radius 3 is 2.55 bits per heavy atom. The van der Waals surface area contributed by atoms with Crippen LogP contribution in [0.1, 0.15) is 18.4 Å². The Morgan fingerprint density at radius 1 is 1.15 bits per heavy atom. The molecule has 20 heavy (non-hydrogen) atoms. The molecule has 1 aliphatic carbocycles. The third-order valence-corrected chi connectivity index (χ3v) is 3.56. The Kier molecular flexibility index (Phi) is 6.30. The van der Waals surface area contributed by atoms with Crippen molar-refractivity contribution >= 4 is 0 Å². The molecular weight excluding hydrogens is 252 g/mol. The highest BCUT2D eigenvalue weighted by molar-refractivity contribution is 5.27. The van der Waals surface area contributed by atoms with E-state index in [1.165, 1.54) is 18.4 Å². The highest BCUT2D eigenvalue weighted by atomic mass is 16.5. The normalized spacial score (nSPS) is 14.8. The summed E-state index contributed by atoms with van der Waals surface area (Å²) in [6.45, 7) is 3.95. The number of rotatable bonds is 10. The molecule has 0 bridgehead atoms. The van der Waals surface area contributed by atoms with E-state index < -0.39 is 0 Å². The molecule has 0 radical (unpaired) electrons. The van der Waals surface area contributed by atoms with Crippen LogP contribution in [0.5, 0.6) is 5.75 Å². The van der Waals surface area contributed by atoms with Gasteiger partial charge in [0.15, 0.2) is 0 Å². The monoisotopic (exact) mass is 278 g/mol. The number of hydrogen-bond acceptors (Lipinski definition) is 4. The lowest BCUT2D eigenvalue weighted by Gasteiger charge is -2.15. The second-order valence-corrected chi connectivity index (χ2v) is 5.35. The maximum Gasteiger partial charge on any atom is 0.119 e. The summed E-state index contributed by atoms with van der Waals surface area (Å²) in [7, 11) is 4.12. The molecule has 0 spiro atoms. The Hall–Kier alpha value is -1.10. The number of likely N-dealkylation sites (N-methyl/N-ethyl adjacent to an activating group) is 1. The molecule has 1 aromatic carbocycles. The van der Waals surface area contributed by atoms with Crippen LogP contribution >= 0.6 is 0 Å². The van der Waals surface area contributed by atoms with Gasteiger partial charge in [-0.15, -0.1) is 0 Å². The van der Waals surface area contributed by atoms with Gasteiger partial charge in [0.2, 0.25) is 0 Å². The van der Waals surface area contributed by atoms with E-state index >= 15 is 0 Å². The van der Waals surface area contributed by atoms with Gasteiger partial charge in [-0.05, 0) is 44.6 Å². The first-order valence-corrected chi connectivity index (χ1v) is 7.44. The zero-order valence-corrected chi connectivity index (χ0v) is 12.6. The summed E-state index contributed by atoms with van der Waals surface area (Å²) in [5.41, 5.74) is 1.26. The molecule has 4 nitrogen and oxygen atoms in total. The van der Waals surface area contributed by atoms with Gasteiger partial charge < -0.3 is 19.7 Å². The van der Waals surface area contributed by atoms with Crippen LogP contribution in [-0.4, -0.2) is 51.4 Å². The van der Waals surface area contributed by atoms with Crippen LogP contribution < -0.4 is 10.1 Å². The van der Waals surface area contributed by atoms with Crippen molar-refractivity contribution in [1.82, 2.24) is 10.2 Å². The third-order valence-electron chi connectivity index (χ3n) is 3.56. The van der Waals surface area contributed by atoms with E-state index in [0.717, 1.165) is 31.5 Å². The number of benzene rings is 1. The van der Waals surface area contributed by atoms with Crippen molar-refractivity contribution in [2.24, 2.45) is 0 Å². The average molecular weight is 278 g/mol. The summed E-state index contributed by atoms with van der Waals surface area (Å²) in [4.78, 5) is 2.38. The van der Waals surface area contributed by atoms with Gasteiger partial charge in [0, 0.05) is 19.1 Å². The molecule has 0 atom stereocenters. The minimum Gasteiger partial charge on any atom is -0.491 e. The van der Waals surface area contributed by atoms with E-state index in [1.807, 2.05) is 19.2 Å². The first kappa shape index (κ1) is 15.3. The molecule has 0 aliphatic heterocycles. The van der Waals surface area contributed by atoms with Gasteiger partial charge in [0.1, 0.15) is 12.4 Å². The van der Waals surface area contributed by atoms with Crippen molar-refractivity contribution in [3.05, 3.63) is 29.8 Å². The van der Waals surface area contributed by atoms with Gasteiger partial charge in [-0.25, -0.2) is 0 Å². The van der Waals surface area contributed by atoms with Crippen molar-refractivity contribution in [3.63, 3.8) is 0 Å². The van der Waals surface area contributed by atoms with Crippen molar-refractivity contribution in [2.75, 3.05) is 40.5 Å². The molecule has 0 unspecified atom stereocenters. The molecule has 112 valence electrons. The molecule has 0 saturated heterocycles. The summed E-state index contributed by atoms with van der Waals surface area (Å²) < 4.78 is 11.2. The van der Waals surface area contributed by atoms with E-state index in [2.05, 4.69) is 29.4 Å². The smallest absolute Gasteiger partial charge is 0.119 e. The van der Waals surface area contributed by atoms with Crippen molar-refractivity contribution < 1.29 is 9.47 Å². The predicted molar refractivity (Wildman–Crippen MR) is 81.2 cm³/mol. The molecule has 2 rings (SSSR count). The zero-order valence-electron chi connectivity index (χ0n) is 12.6. The van der Waals surface area contributed by atoms with Gasteiger partial charge in [0.05, 0.1) is 13.2 Å². The lowest BCUT2D eigenvalue weighted by atomic mass is 10.2. The molecule has 1 N–H and O–H groups in total. The molecule has 1 aromatic rings. The van der Waals surface area contributed by atoms with Crippen molar-refractivity contribution in [1.29, 1.82) is 0 Å². The summed E-state index contributed by atoms with van der Waals surface area (Å²) in [5, 5.41) is 3.13. The first-order chi connectivity index (χ1) is 9.79. The van der Waals surface area contributed by atoms with Crippen LogP contribution in [0.4, 0.5) is 0 Å². The maximum absolute atomic E-state index is 5.65. The summed E-state index contributed by atoms with van der Waals surface area (Å²) >= 11 is 0. The quantitative estimate of drug-likeness (QED) is 0.663. The van der Waals surface area contributed by atoms with Crippen LogP contribution in [0.2, 0.25) is 0 Å². The SMILES string of the molecule is CNCc1ccc(OCCOCCN(C)C2CC2)cc1. The topological polar surface area (TPSA) is 33.7 Å². The van der Waals surface area contributed by atoms with Crippen molar-refractivity contribution in [2.45, 2.75) is 25.4 Å². The summed E-state index contributed by atoms with van der Waals surface area (Å²) in [6.07, 6.45) is 2.70. The predicted octanol–water partition coefficient (Wildman–Crippen LogP) is 1.90. The van der Waals surface area contributed by atoms with Gasteiger partial charge in [0.25, 0.3) is 0 Å². The Balaban J connectivity index is 1.51. The van der Waals surface area contributed by atoms with Crippen LogP contribution in [0.3, 0.4) is 0 Å². The summed E-state index contributed by atoms with van der Waals surface area (Å²) in [5.74, 6) is 0.906. The lowest BCUT2D eigenvalue weighted by Crippen LogP contribution is -2.25. The van der Waals surface area contributed by atoms with Gasteiger partial charge in [-0.1, -0.05) is 12.1 Å². The Bertz CT molecular complexity index is 377. The van der Waals surface area contributed by atoms with E-state index in [4.69, 9.17) is 9.47 Å². The molecule has 1 saturated carbocycles. The van der Waals surface area contributed by atoms with Crippen LogP contribution in [-0.2, 0) is 11.3 Å². The number of nitrogens with zero attached hydrogens (tertiary/aromatic N) is 1. The minimum absolute atomic E-state index is 0.610. The fourth-order valence-electron chi connectivity index (χ4n) is 2.13. The minimum atomic E-state index is 0.610. The molecular formula is C16H26N2O2. The highest BCUT2D eigenvalue weighted by Crippen LogP contribution is 2.24. The third kappa shape index (κ3) is 5.49. The average Bonchev–Trinajstić information content (AvgIpc) is 3.29. The summed E-state index contributed by atoms with van der Waals surface area (Å²) in [6, 6.07) is 8.99. The fraction of sp³-hybridized carbons (Fsp3) is 0.625. The number of ether oxygens (including phenoxy) is 2. The molecule has 1 aliphatic rings.